The Hall–Kier alpha value is -4.06. The van der Waals surface area contributed by atoms with Crippen molar-refractivity contribution in [1.82, 2.24) is 14.9 Å². The maximum absolute atomic E-state index is 16.3. The second-order valence-corrected chi connectivity index (χ2v) is 11.1. The van der Waals surface area contributed by atoms with Crippen LogP contribution in [0.1, 0.15) is 46.0 Å². The summed E-state index contributed by atoms with van der Waals surface area (Å²) in [6, 6.07) is 5.11. The number of aromatic nitrogens is 2. The fraction of sp³-hybridized carbons (Fsp3) is 0.379. The van der Waals surface area contributed by atoms with Crippen molar-refractivity contribution >= 4 is 23.5 Å². The van der Waals surface area contributed by atoms with Crippen LogP contribution in [0.5, 0.6) is 0 Å². The van der Waals surface area contributed by atoms with E-state index in [2.05, 4.69) is 15.3 Å². The number of aliphatic hydroxyl groups is 1. The first-order valence-corrected chi connectivity index (χ1v) is 13.2. The van der Waals surface area contributed by atoms with Gasteiger partial charge in [0.1, 0.15) is 23.6 Å². The maximum Gasteiger partial charge on any atom is 0.261 e. The minimum Gasteiger partial charge on any atom is -0.392 e. The predicted molar refractivity (Wildman–Crippen MR) is 141 cm³/mol. The molecule has 3 aromatic rings. The summed E-state index contributed by atoms with van der Waals surface area (Å²) in [5, 5.41) is 12.3. The Morgan fingerprint density at radius 1 is 1.12 bits per heavy atom. The lowest BCUT2D eigenvalue weighted by Gasteiger charge is -2.43. The van der Waals surface area contributed by atoms with E-state index in [1.165, 1.54) is 41.2 Å². The Labute approximate surface area is 233 Å². The van der Waals surface area contributed by atoms with Gasteiger partial charge in [0.2, 0.25) is 5.91 Å². The molecular weight excluding hydrogens is 542 g/mol. The lowest BCUT2D eigenvalue weighted by Crippen LogP contribution is -2.58. The molecule has 41 heavy (non-hydrogen) atoms. The Morgan fingerprint density at radius 3 is 2.49 bits per heavy atom. The molecule has 1 aliphatic carbocycles. The van der Waals surface area contributed by atoms with Crippen LogP contribution in [0.2, 0.25) is 0 Å². The number of amides is 2. The van der Waals surface area contributed by atoms with E-state index >= 15 is 8.78 Å². The minimum absolute atomic E-state index is 0.0104. The van der Waals surface area contributed by atoms with E-state index in [0.29, 0.717) is 5.56 Å². The van der Waals surface area contributed by atoms with E-state index in [0.717, 1.165) is 6.07 Å². The van der Waals surface area contributed by atoms with E-state index in [-0.39, 0.29) is 78.5 Å². The lowest BCUT2D eigenvalue weighted by atomic mass is 9.71. The van der Waals surface area contributed by atoms with Gasteiger partial charge in [0.05, 0.1) is 24.1 Å². The fourth-order valence-corrected chi connectivity index (χ4v) is 5.66. The number of anilines is 2. The number of aliphatic hydroxyl groups excluding tert-OH is 1. The van der Waals surface area contributed by atoms with E-state index in [1.807, 2.05) is 0 Å². The number of pyridine rings is 2. The molecule has 3 aliphatic rings. The third-order valence-corrected chi connectivity index (χ3v) is 8.27. The van der Waals surface area contributed by atoms with Crippen molar-refractivity contribution in [2.75, 3.05) is 29.9 Å². The monoisotopic (exact) mass is 569 g/mol. The summed E-state index contributed by atoms with van der Waals surface area (Å²) in [6.07, 6.45) is 1.72. The Morgan fingerprint density at radius 2 is 1.85 bits per heavy atom. The zero-order valence-corrected chi connectivity index (χ0v) is 22.3. The topological polar surface area (TPSA) is 98.7 Å². The number of rotatable bonds is 6. The van der Waals surface area contributed by atoms with Gasteiger partial charge in [-0.25, -0.2) is 27.5 Å². The highest BCUT2D eigenvalue weighted by Gasteiger charge is 2.49. The first kappa shape index (κ1) is 27.1. The highest BCUT2D eigenvalue weighted by Crippen LogP contribution is 2.44. The zero-order chi connectivity index (χ0) is 29.2. The SMILES string of the molecule is Cc1c(F)ccc([C@]2(C)CN(c3ccc(CO)cn3)C(=O)c3cnc(NC4CN(C(=O)[C@@H]5C[C@@H]5F)C4)c(F)c32)c1F. The quantitative estimate of drug-likeness (QED) is 0.440. The van der Waals surface area contributed by atoms with Crippen molar-refractivity contribution < 1.29 is 32.3 Å². The van der Waals surface area contributed by atoms with Crippen LogP contribution >= 0.6 is 0 Å². The van der Waals surface area contributed by atoms with Gasteiger partial charge in [-0.1, -0.05) is 12.1 Å². The van der Waals surface area contributed by atoms with Gasteiger partial charge in [0, 0.05) is 54.1 Å². The van der Waals surface area contributed by atoms with Crippen molar-refractivity contribution in [3.05, 3.63) is 81.9 Å². The number of hydrogen-bond donors (Lipinski definition) is 2. The van der Waals surface area contributed by atoms with Gasteiger partial charge < -0.3 is 15.3 Å². The summed E-state index contributed by atoms with van der Waals surface area (Å²) in [4.78, 5) is 37.1. The van der Waals surface area contributed by atoms with Crippen LogP contribution in [0.4, 0.5) is 29.2 Å². The molecule has 0 bridgehead atoms. The summed E-state index contributed by atoms with van der Waals surface area (Å²) < 4.78 is 59.5. The molecule has 0 unspecified atom stereocenters. The molecule has 8 nitrogen and oxygen atoms in total. The summed E-state index contributed by atoms with van der Waals surface area (Å²) >= 11 is 0. The van der Waals surface area contributed by atoms with Crippen LogP contribution < -0.4 is 10.2 Å². The fourth-order valence-electron chi connectivity index (χ4n) is 5.66. The van der Waals surface area contributed by atoms with E-state index in [4.69, 9.17) is 0 Å². The molecule has 2 amide bonds. The number of nitrogens with zero attached hydrogens (tertiary/aromatic N) is 4. The number of alkyl halides is 1. The third-order valence-electron chi connectivity index (χ3n) is 8.27. The highest BCUT2D eigenvalue weighted by atomic mass is 19.1. The molecule has 0 radical (unpaired) electrons. The van der Waals surface area contributed by atoms with Crippen molar-refractivity contribution in [3.63, 3.8) is 0 Å². The van der Waals surface area contributed by atoms with Gasteiger partial charge in [-0.3, -0.25) is 14.5 Å². The zero-order valence-electron chi connectivity index (χ0n) is 22.3. The first-order valence-electron chi connectivity index (χ1n) is 13.2. The van der Waals surface area contributed by atoms with Crippen LogP contribution in [0.25, 0.3) is 0 Å². The van der Waals surface area contributed by atoms with Crippen LogP contribution in [0.15, 0.2) is 36.7 Å². The smallest absolute Gasteiger partial charge is 0.261 e. The number of benzene rings is 1. The van der Waals surface area contributed by atoms with Crippen LogP contribution in [0, 0.1) is 30.3 Å². The van der Waals surface area contributed by atoms with Gasteiger partial charge in [0.25, 0.3) is 5.91 Å². The molecule has 2 aliphatic heterocycles. The molecule has 12 heteroatoms. The Balaban J connectivity index is 1.39. The van der Waals surface area contributed by atoms with Gasteiger partial charge >= 0.3 is 0 Å². The van der Waals surface area contributed by atoms with Gasteiger partial charge in [-0.2, -0.15) is 0 Å². The molecule has 2 aromatic heterocycles. The lowest BCUT2D eigenvalue weighted by molar-refractivity contribution is -0.136. The molecule has 2 fully saturated rings. The maximum atomic E-state index is 16.3. The van der Waals surface area contributed by atoms with Gasteiger partial charge in [0.15, 0.2) is 11.6 Å². The molecule has 6 rings (SSSR count). The number of carbonyl (C=O) groups is 2. The predicted octanol–water partition coefficient (Wildman–Crippen LogP) is 3.64. The minimum atomic E-state index is -1.49. The number of likely N-dealkylation sites (tertiary alicyclic amines) is 1. The largest absolute Gasteiger partial charge is 0.392 e. The van der Waals surface area contributed by atoms with Gasteiger partial charge in [-0.05, 0) is 38.0 Å². The van der Waals surface area contributed by atoms with Crippen molar-refractivity contribution in [2.24, 2.45) is 5.92 Å². The number of hydrogen-bond acceptors (Lipinski definition) is 6. The molecule has 4 heterocycles. The van der Waals surface area contributed by atoms with Crippen LogP contribution in [0.3, 0.4) is 0 Å². The first-order chi connectivity index (χ1) is 19.5. The molecule has 1 saturated heterocycles. The second kappa shape index (κ2) is 9.79. The van der Waals surface area contributed by atoms with E-state index in [9.17, 15) is 23.5 Å². The molecular formula is C29H27F4N5O3. The van der Waals surface area contributed by atoms with Crippen molar-refractivity contribution in [3.8, 4) is 0 Å². The highest BCUT2D eigenvalue weighted by molar-refractivity contribution is 6.08. The average molecular weight is 570 g/mol. The molecule has 0 spiro atoms. The summed E-state index contributed by atoms with van der Waals surface area (Å²) in [6.45, 7) is 2.87. The number of carbonyl (C=O) groups excluding carboxylic acids is 2. The van der Waals surface area contributed by atoms with Crippen LogP contribution in [-0.2, 0) is 16.8 Å². The second-order valence-electron chi connectivity index (χ2n) is 11.1. The average Bonchev–Trinajstić information content (AvgIpc) is 3.68. The summed E-state index contributed by atoms with van der Waals surface area (Å²) in [5.74, 6) is -3.93. The van der Waals surface area contributed by atoms with E-state index in [1.54, 1.807) is 13.0 Å². The van der Waals surface area contributed by atoms with Crippen LogP contribution in [-0.4, -0.2) is 63.6 Å². The van der Waals surface area contributed by atoms with Gasteiger partial charge in [-0.15, -0.1) is 0 Å². The molecule has 3 atom stereocenters. The molecule has 214 valence electrons. The Bertz CT molecular complexity index is 1560. The number of fused-ring (bicyclic) bond motifs is 1. The Kier molecular flexibility index (Phi) is 6.48. The normalized spacial score (nSPS) is 23.7. The molecule has 2 N–H and O–H groups in total. The third kappa shape index (κ3) is 4.41. The molecule has 1 aromatic carbocycles. The number of halogens is 4. The van der Waals surface area contributed by atoms with E-state index < -0.39 is 40.9 Å². The number of nitrogens with one attached hydrogen (secondary N) is 1. The summed E-state index contributed by atoms with van der Waals surface area (Å²) in [7, 11) is 0. The van der Waals surface area contributed by atoms with Crippen molar-refractivity contribution in [1.29, 1.82) is 0 Å². The standard InChI is InChI=1S/C29H27F4N5O3/c1-14-20(30)5-4-19(24(14)32)29(2)13-38(22-6-3-15(12-39)8-34-22)28(41)18-9-35-26(25(33)23(18)29)36-16-10-37(11-16)27(40)17-7-21(17)31/h3-6,8-9,16-17,21,39H,7,10-13H2,1-2H3,(H,35,36)/t17-,21+,29+/m1/s1. The molecule has 1 saturated carbocycles. The summed E-state index contributed by atoms with van der Waals surface area (Å²) in [5.41, 5.74) is -1.43. The van der Waals surface area contributed by atoms with Crippen molar-refractivity contribution in [2.45, 2.75) is 44.5 Å².